The normalized spacial score (nSPS) is 23.7. The molecule has 0 bridgehead atoms. The van der Waals surface area contributed by atoms with Crippen molar-refractivity contribution in [2.75, 3.05) is 19.6 Å². The molecule has 2 saturated heterocycles. The van der Waals surface area contributed by atoms with E-state index in [9.17, 15) is 9.59 Å². The number of amides is 2. The van der Waals surface area contributed by atoms with Gasteiger partial charge in [-0.05, 0) is 56.1 Å². The predicted octanol–water partition coefficient (Wildman–Crippen LogP) is 3.78. The summed E-state index contributed by atoms with van der Waals surface area (Å²) >= 11 is 0. The number of hydrogen-bond donors (Lipinski definition) is 0. The Kier molecular flexibility index (Phi) is 4.76. The summed E-state index contributed by atoms with van der Waals surface area (Å²) in [5.41, 5.74) is 2.11. The molecule has 1 saturated carbocycles. The molecule has 0 unspecified atom stereocenters. The van der Waals surface area contributed by atoms with Gasteiger partial charge in [0.05, 0.1) is 0 Å². The van der Waals surface area contributed by atoms with Crippen molar-refractivity contribution in [3.05, 3.63) is 35.4 Å². The van der Waals surface area contributed by atoms with Crippen LogP contribution in [0.1, 0.15) is 67.3 Å². The Labute approximate surface area is 156 Å². The molecule has 140 valence electrons. The Hall–Kier alpha value is -1.84. The lowest BCUT2D eigenvalue weighted by molar-refractivity contribution is -0.142. The lowest BCUT2D eigenvalue weighted by Crippen LogP contribution is -2.54. The molecule has 2 aliphatic heterocycles. The second-order valence-electron chi connectivity index (χ2n) is 8.57. The summed E-state index contributed by atoms with van der Waals surface area (Å²) in [7, 11) is 0. The Bertz CT molecular complexity index is 685. The minimum absolute atomic E-state index is 0.164. The first kappa shape index (κ1) is 17.6. The number of carbonyl (C=O) groups is 2. The molecule has 0 atom stereocenters. The number of carbonyl (C=O) groups excluding carboxylic acids is 2. The van der Waals surface area contributed by atoms with Crippen LogP contribution in [0.25, 0.3) is 0 Å². The molecular weight excluding hydrogens is 324 g/mol. The monoisotopic (exact) mass is 354 g/mol. The number of aryl methyl sites for hydroxylation is 1. The van der Waals surface area contributed by atoms with Crippen molar-refractivity contribution < 1.29 is 9.59 Å². The highest BCUT2D eigenvalue weighted by atomic mass is 16.2. The van der Waals surface area contributed by atoms with Gasteiger partial charge in [0, 0.05) is 37.7 Å². The fourth-order valence-electron chi connectivity index (χ4n) is 5.17. The standard InChI is InChI=1S/C22H30N2O2/c1-17-6-2-5-9-19(17)21(26)23-14-12-22(13-15-23)11-10-20(25)24(16-22)18-7-3-4-8-18/h2,5-6,9,18H,3-4,7-8,10-16H2,1H3. The molecule has 4 heteroatoms. The highest BCUT2D eigenvalue weighted by Gasteiger charge is 2.43. The molecule has 0 radical (unpaired) electrons. The zero-order valence-electron chi connectivity index (χ0n) is 15.9. The average Bonchev–Trinajstić information content (AvgIpc) is 3.19. The second kappa shape index (κ2) is 7.05. The molecule has 0 aromatic heterocycles. The summed E-state index contributed by atoms with van der Waals surface area (Å²) in [5, 5.41) is 0. The Balaban J connectivity index is 1.41. The van der Waals surface area contributed by atoms with E-state index in [2.05, 4.69) is 4.90 Å². The Morgan fingerprint density at radius 3 is 2.46 bits per heavy atom. The molecule has 1 aliphatic carbocycles. The van der Waals surface area contributed by atoms with Gasteiger partial charge in [0.25, 0.3) is 5.91 Å². The van der Waals surface area contributed by atoms with E-state index in [1.165, 1.54) is 25.7 Å². The van der Waals surface area contributed by atoms with Crippen molar-refractivity contribution >= 4 is 11.8 Å². The topological polar surface area (TPSA) is 40.6 Å². The van der Waals surface area contributed by atoms with Crippen LogP contribution in [0.3, 0.4) is 0 Å². The van der Waals surface area contributed by atoms with Crippen molar-refractivity contribution in [2.45, 2.75) is 64.3 Å². The van der Waals surface area contributed by atoms with Crippen molar-refractivity contribution in [1.82, 2.24) is 9.80 Å². The molecule has 4 rings (SSSR count). The molecule has 4 nitrogen and oxygen atoms in total. The first-order valence-corrected chi connectivity index (χ1v) is 10.2. The zero-order chi connectivity index (χ0) is 18.1. The lowest BCUT2D eigenvalue weighted by atomic mass is 9.72. The SMILES string of the molecule is Cc1ccccc1C(=O)N1CCC2(CCC(=O)N(C3CCCC3)C2)CC1. The van der Waals surface area contributed by atoms with Crippen molar-refractivity contribution in [3.63, 3.8) is 0 Å². The van der Waals surface area contributed by atoms with Gasteiger partial charge in [-0.2, -0.15) is 0 Å². The van der Waals surface area contributed by atoms with Gasteiger partial charge < -0.3 is 9.80 Å². The number of piperidine rings is 2. The second-order valence-corrected chi connectivity index (χ2v) is 8.57. The van der Waals surface area contributed by atoms with Gasteiger partial charge in [0.2, 0.25) is 5.91 Å². The van der Waals surface area contributed by atoms with Gasteiger partial charge in [0.15, 0.2) is 0 Å². The maximum atomic E-state index is 12.9. The third-order valence-electron chi connectivity index (χ3n) is 6.95. The van der Waals surface area contributed by atoms with Crippen LogP contribution in [0.5, 0.6) is 0 Å². The van der Waals surface area contributed by atoms with E-state index >= 15 is 0 Å². The fraction of sp³-hybridized carbons (Fsp3) is 0.636. The van der Waals surface area contributed by atoms with Gasteiger partial charge in [-0.15, -0.1) is 0 Å². The van der Waals surface area contributed by atoms with E-state index in [1.54, 1.807) is 0 Å². The molecule has 3 aliphatic rings. The first-order chi connectivity index (χ1) is 12.6. The van der Waals surface area contributed by atoms with Crippen LogP contribution in [-0.4, -0.2) is 47.3 Å². The van der Waals surface area contributed by atoms with E-state index in [1.807, 2.05) is 36.1 Å². The van der Waals surface area contributed by atoms with Crippen LogP contribution >= 0.6 is 0 Å². The predicted molar refractivity (Wildman–Crippen MR) is 102 cm³/mol. The minimum atomic E-state index is 0.164. The smallest absolute Gasteiger partial charge is 0.254 e. The molecule has 1 spiro atoms. The molecule has 0 N–H and O–H groups in total. The Morgan fingerprint density at radius 2 is 1.77 bits per heavy atom. The summed E-state index contributed by atoms with van der Waals surface area (Å²) in [6.45, 7) is 4.56. The lowest BCUT2D eigenvalue weighted by Gasteiger charge is -2.49. The molecule has 1 aromatic rings. The van der Waals surface area contributed by atoms with Gasteiger partial charge in [-0.3, -0.25) is 9.59 Å². The summed E-state index contributed by atoms with van der Waals surface area (Å²) in [6, 6.07) is 8.34. The van der Waals surface area contributed by atoms with Crippen molar-refractivity contribution in [1.29, 1.82) is 0 Å². The van der Waals surface area contributed by atoms with E-state index in [0.717, 1.165) is 50.0 Å². The third kappa shape index (κ3) is 3.26. The van der Waals surface area contributed by atoms with Crippen LogP contribution in [0.4, 0.5) is 0 Å². The van der Waals surface area contributed by atoms with Gasteiger partial charge in [0.1, 0.15) is 0 Å². The molecular formula is C22H30N2O2. The maximum absolute atomic E-state index is 12.9. The van der Waals surface area contributed by atoms with Crippen LogP contribution in [0.2, 0.25) is 0 Å². The van der Waals surface area contributed by atoms with Crippen LogP contribution in [0, 0.1) is 12.3 Å². The molecule has 26 heavy (non-hydrogen) atoms. The number of rotatable bonds is 2. The average molecular weight is 354 g/mol. The summed E-state index contributed by atoms with van der Waals surface area (Å²) in [5.74, 6) is 0.526. The maximum Gasteiger partial charge on any atom is 0.254 e. The van der Waals surface area contributed by atoms with Crippen molar-refractivity contribution in [3.8, 4) is 0 Å². The van der Waals surface area contributed by atoms with E-state index < -0.39 is 0 Å². The van der Waals surface area contributed by atoms with E-state index in [0.29, 0.717) is 18.4 Å². The zero-order valence-corrected chi connectivity index (χ0v) is 15.9. The van der Waals surface area contributed by atoms with Crippen molar-refractivity contribution in [2.24, 2.45) is 5.41 Å². The van der Waals surface area contributed by atoms with Crippen LogP contribution in [-0.2, 0) is 4.79 Å². The molecule has 3 fully saturated rings. The van der Waals surface area contributed by atoms with Crippen LogP contribution in [0.15, 0.2) is 24.3 Å². The minimum Gasteiger partial charge on any atom is -0.339 e. The third-order valence-corrected chi connectivity index (χ3v) is 6.95. The van der Waals surface area contributed by atoms with Gasteiger partial charge in [-0.1, -0.05) is 31.0 Å². The number of nitrogens with zero attached hydrogens (tertiary/aromatic N) is 2. The summed E-state index contributed by atoms with van der Waals surface area (Å²) in [6.07, 6.45) is 8.64. The van der Waals surface area contributed by atoms with Crippen LogP contribution < -0.4 is 0 Å². The highest BCUT2D eigenvalue weighted by molar-refractivity contribution is 5.95. The highest BCUT2D eigenvalue weighted by Crippen LogP contribution is 2.42. The quantitative estimate of drug-likeness (QED) is 0.811. The first-order valence-electron chi connectivity index (χ1n) is 10.2. The summed E-state index contributed by atoms with van der Waals surface area (Å²) < 4.78 is 0. The molecule has 1 aromatic carbocycles. The number of benzene rings is 1. The molecule has 2 amide bonds. The van der Waals surface area contributed by atoms with E-state index in [4.69, 9.17) is 0 Å². The fourth-order valence-corrected chi connectivity index (χ4v) is 5.17. The largest absolute Gasteiger partial charge is 0.339 e. The molecule has 2 heterocycles. The Morgan fingerprint density at radius 1 is 1.08 bits per heavy atom. The number of hydrogen-bond acceptors (Lipinski definition) is 2. The van der Waals surface area contributed by atoms with Gasteiger partial charge >= 0.3 is 0 Å². The van der Waals surface area contributed by atoms with E-state index in [-0.39, 0.29) is 11.3 Å². The van der Waals surface area contributed by atoms with Gasteiger partial charge in [-0.25, -0.2) is 0 Å². The number of likely N-dealkylation sites (tertiary alicyclic amines) is 2. The summed E-state index contributed by atoms with van der Waals surface area (Å²) in [4.78, 5) is 29.6.